The van der Waals surface area contributed by atoms with Crippen molar-refractivity contribution in [1.29, 1.82) is 0 Å². The maximum absolute atomic E-state index is 11.5. The summed E-state index contributed by atoms with van der Waals surface area (Å²) in [6.45, 7) is 6.97. The average molecular weight is 251 g/mol. The lowest BCUT2D eigenvalue weighted by Gasteiger charge is -2.20. The third kappa shape index (κ3) is 4.90. The first kappa shape index (κ1) is 14.1. The number of amides is 1. The summed E-state index contributed by atoms with van der Waals surface area (Å²) < 4.78 is 4.82. The number of carbonyl (C=O) groups excluding carboxylic acids is 2. The van der Waals surface area contributed by atoms with Crippen LogP contribution in [0.15, 0.2) is 12.4 Å². The first-order valence-electron chi connectivity index (χ1n) is 5.55. The number of aromatic nitrogens is 2. The fourth-order valence-corrected chi connectivity index (χ4v) is 1.16. The van der Waals surface area contributed by atoms with Gasteiger partial charge in [0.15, 0.2) is 12.3 Å². The van der Waals surface area contributed by atoms with Gasteiger partial charge in [-0.2, -0.15) is 0 Å². The van der Waals surface area contributed by atoms with E-state index in [1.54, 1.807) is 6.92 Å². The van der Waals surface area contributed by atoms with E-state index in [1.807, 2.05) is 20.8 Å². The molecule has 98 valence electrons. The second-order valence-electron chi connectivity index (χ2n) is 4.92. The van der Waals surface area contributed by atoms with Crippen LogP contribution in [0, 0.1) is 6.92 Å². The van der Waals surface area contributed by atoms with Crippen LogP contribution in [0.5, 0.6) is 0 Å². The fourth-order valence-electron chi connectivity index (χ4n) is 1.16. The number of rotatable bonds is 3. The Labute approximate surface area is 106 Å². The lowest BCUT2D eigenvalue weighted by atomic mass is 10.1. The van der Waals surface area contributed by atoms with Crippen molar-refractivity contribution in [3.8, 4) is 0 Å². The van der Waals surface area contributed by atoms with Crippen LogP contribution in [0.3, 0.4) is 0 Å². The molecule has 0 aromatic carbocycles. The Morgan fingerprint density at radius 2 is 1.94 bits per heavy atom. The highest BCUT2D eigenvalue weighted by Crippen LogP contribution is 2.00. The molecule has 0 fully saturated rings. The summed E-state index contributed by atoms with van der Waals surface area (Å²) in [6, 6.07) is 0. The van der Waals surface area contributed by atoms with Crippen molar-refractivity contribution in [1.82, 2.24) is 15.3 Å². The molecule has 0 saturated heterocycles. The number of carbonyl (C=O) groups is 2. The van der Waals surface area contributed by atoms with Crippen molar-refractivity contribution < 1.29 is 14.3 Å². The minimum atomic E-state index is -0.661. The Hall–Kier alpha value is -1.98. The second kappa shape index (κ2) is 5.57. The molecule has 1 heterocycles. The number of hydrogen-bond acceptors (Lipinski definition) is 5. The van der Waals surface area contributed by atoms with Gasteiger partial charge >= 0.3 is 5.97 Å². The number of esters is 1. The molecule has 1 N–H and O–H groups in total. The minimum Gasteiger partial charge on any atom is -0.451 e. The van der Waals surface area contributed by atoms with Gasteiger partial charge in [0, 0.05) is 11.7 Å². The van der Waals surface area contributed by atoms with Gasteiger partial charge in [0.25, 0.3) is 5.91 Å². The van der Waals surface area contributed by atoms with Crippen molar-refractivity contribution in [2.75, 3.05) is 6.61 Å². The lowest BCUT2D eigenvalue weighted by molar-refractivity contribution is -0.125. The highest BCUT2D eigenvalue weighted by molar-refractivity contribution is 5.89. The zero-order valence-electron chi connectivity index (χ0n) is 11.0. The third-order valence-electron chi connectivity index (χ3n) is 1.84. The van der Waals surface area contributed by atoms with Crippen LogP contribution in [0.25, 0.3) is 0 Å². The zero-order valence-corrected chi connectivity index (χ0v) is 11.0. The Balaban J connectivity index is 2.47. The molecule has 1 aromatic heterocycles. The smallest absolute Gasteiger partial charge is 0.359 e. The monoisotopic (exact) mass is 251 g/mol. The number of ether oxygens (including phenoxy) is 1. The quantitative estimate of drug-likeness (QED) is 0.806. The standard InChI is InChI=1S/C12H17N3O3/c1-8-5-14-9(6-13-8)11(17)18-7-10(16)15-12(2,3)4/h5-6H,7H2,1-4H3,(H,15,16). The molecular weight excluding hydrogens is 234 g/mol. The molecule has 6 heteroatoms. The normalized spacial score (nSPS) is 10.9. The van der Waals surface area contributed by atoms with E-state index in [4.69, 9.17) is 4.74 Å². The molecule has 0 bridgehead atoms. The van der Waals surface area contributed by atoms with E-state index in [0.717, 1.165) is 0 Å². The van der Waals surface area contributed by atoms with Gasteiger partial charge in [0.1, 0.15) is 0 Å². The number of aryl methyl sites for hydroxylation is 1. The van der Waals surface area contributed by atoms with E-state index in [0.29, 0.717) is 5.69 Å². The van der Waals surface area contributed by atoms with E-state index in [-0.39, 0.29) is 23.7 Å². The molecule has 0 spiro atoms. The molecule has 6 nitrogen and oxygen atoms in total. The molecule has 0 unspecified atom stereocenters. The van der Waals surface area contributed by atoms with E-state index in [2.05, 4.69) is 15.3 Å². The van der Waals surface area contributed by atoms with Gasteiger partial charge < -0.3 is 10.1 Å². The van der Waals surface area contributed by atoms with E-state index >= 15 is 0 Å². The van der Waals surface area contributed by atoms with Crippen LogP contribution in [0.1, 0.15) is 37.0 Å². The van der Waals surface area contributed by atoms with Crippen molar-refractivity contribution in [3.63, 3.8) is 0 Å². The lowest BCUT2D eigenvalue weighted by Crippen LogP contribution is -2.42. The van der Waals surface area contributed by atoms with E-state index < -0.39 is 5.97 Å². The average Bonchev–Trinajstić information content (AvgIpc) is 2.24. The van der Waals surface area contributed by atoms with Crippen LogP contribution in [0.4, 0.5) is 0 Å². The Morgan fingerprint density at radius 3 is 2.44 bits per heavy atom. The van der Waals surface area contributed by atoms with Gasteiger partial charge in [-0.05, 0) is 27.7 Å². The second-order valence-corrected chi connectivity index (χ2v) is 4.92. The first-order valence-corrected chi connectivity index (χ1v) is 5.55. The van der Waals surface area contributed by atoms with Crippen LogP contribution >= 0.6 is 0 Å². The van der Waals surface area contributed by atoms with Gasteiger partial charge in [-0.25, -0.2) is 9.78 Å². The summed E-state index contributed by atoms with van der Waals surface area (Å²) >= 11 is 0. The number of hydrogen-bond donors (Lipinski definition) is 1. The number of nitrogens with zero attached hydrogens (tertiary/aromatic N) is 2. The summed E-state index contributed by atoms with van der Waals surface area (Å²) in [5, 5.41) is 2.68. The summed E-state index contributed by atoms with van der Waals surface area (Å²) in [5.41, 5.74) is 0.439. The molecule has 0 radical (unpaired) electrons. The van der Waals surface area contributed by atoms with Crippen molar-refractivity contribution in [2.24, 2.45) is 0 Å². The molecule has 1 rings (SSSR count). The van der Waals surface area contributed by atoms with Gasteiger partial charge in [-0.3, -0.25) is 9.78 Å². The molecule has 18 heavy (non-hydrogen) atoms. The molecular formula is C12H17N3O3. The maximum Gasteiger partial charge on any atom is 0.359 e. The largest absolute Gasteiger partial charge is 0.451 e. The summed E-state index contributed by atoms with van der Waals surface area (Å²) in [5.74, 6) is -1.01. The van der Waals surface area contributed by atoms with Gasteiger partial charge in [-0.1, -0.05) is 0 Å². The third-order valence-corrected chi connectivity index (χ3v) is 1.84. The fraction of sp³-hybridized carbons (Fsp3) is 0.500. The molecule has 0 aliphatic heterocycles. The molecule has 1 aromatic rings. The predicted molar refractivity (Wildman–Crippen MR) is 64.9 cm³/mol. The minimum absolute atomic E-state index is 0.0872. The van der Waals surface area contributed by atoms with E-state index in [9.17, 15) is 9.59 Å². The van der Waals surface area contributed by atoms with Crippen LogP contribution in [-0.2, 0) is 9.53 Å². The maximum atomic E-state index is 11.5. The molecule has 0 aliphatic carbocycles. The summed E-state index contributed by atoms with van der Waals surface area (Å²) in [7, 11) is 0. The number of nitrogens with one attached hydrogen (secondary N) is 1. The van der Waals surface area contributed by atoms with Crippen molar-refractivity contribution in [3.05, 3.63) is 23.8 Å². The van der Waals surface area contributed by atoms with Gasteiger partial charge in [-0.15, -0.1) is 0 Å². The van der Waals surface area contributed by atoms with Crippen LogP contribution in [0.2, 0.25) is 0 Å². The summed E-state index contributed by atoms with van der Waals surface area (Å²) in [6.07, 6.45) is 2.78. The van der Waals surface area contributed by atoms with Crippen LogP contribution in [-0.4, -0.2) is 34.0 Å². The molecule has 1 amide bonds. The molecule has 0 aliphatic rings. The Morgan fingerprint density at radius 1 is 1.28 bits per heavy atom. The Bertz CT molecular complexity index is 435. The SMILES string of the molecule is Cc1cnc(C(=O)OCC(=O)NC(C)(C)C)cn1. The van der Waals surface area contributed by atoms with Crippen molar-refractivity contribution >= 4 is 11.9 Å². The van der Waals surface area contributed by atoms with Crippen molar-refractivity contribution in [2.45, 2.75) is 33.2 Å². The van der Waals surface area contributed by atoms with E-state index in [1.165, 1.54) is 12.4 Å². The Kier molecular flexibility index (Phi) is 4.36. The van der Waals surface area contributed by atoms with Gasteiger partial charge in [0.2, 0.25) is 0 Å². The van der Waals surface area contributed by atoms with Gasteiger partial charge in [0.05, 0.1) is 11.9 Å². The highest BCUT2D eigenvalue weighted by Gasteiger charge is 2.16. The summed E-state index contributed by atoms with van der Waals surface area (Å²) in [4.78, 5) is 30.7. The zero-order chi connectivity index (χ0) is 13.8. The van der Waals surface area contributed by atoms with Crippen LogP contribution < -0.4 is 5.32 Å². The topological polar surface area (TPSA) is 81.2 Å². The molecule has 0 saturated carbocycles. The highest BCUT2D eigenvalue weighted by atomic mass is 16.5. The first-order chi connectivity index (χ1) is 8.28. The predicted octanol–water partition coefficient (Wildman–Crippen LogP) is 0.857. The molecule has 0 atom stereocenters.